The zero-order valence-corrected chi connectivity index (χ0v) is 11.2. The van der Waals surface area contributed by atoms with Crippen LogP contribution in [0.1, 0.15) is 25.7 Å². The van der Waals surface area contributed by atoms with Gasteiger partial charge in [0.25, 0.3) is 0 Å². The number of nitrogens with zero attached hydrogens (tertiary/aromatic N) is 2. The van der Waals surface area contributed by atoms with Gasteiger partial charge in [-0.2, -0.15) is 0 Å². The second-order valence-electron chi connectivity index (χ2n) is 3.73. The van der Waals surface area contributed by atoms with E-state index in [9.17, 15) is 0 Å². The van der Waals surface area contributed by atoms with Gasteiger partial charge in [-0.3, -0.25) is 0 Å². The Balaban J connectivity index is 2.39. The maximum absolute atomic E-state index is 6.00. The number of rotatable bonds is 2. The highest BCUT2D eigenvalue weighted by molar-refractivity contribution is 9.10. The van der Waals surface area contributed by atoms with Crippen LogP contribution in [0.5, 0.6) is 0 Å². The summed E-state index contributed by atoms with van der Waals surface area (Å²) in [5.41, 5.74) is 0.826. The van der Waals surface area contributed by atoms with Crippen LogP contribution in [0.2, 0.25) is 5.02 Å². The molecule has 0 saturated carbocycles. The number of halogens is 2. The summed E-state index contributed by atoms with van der Waals surface area (Å²) in [5, 5.41) is 8.59. The molecule has 2 rings (SSSR count). The maximum atomic E-state index is 6.00. The summed E-state index contributed by atoms with van der Waals surface area (Å²) in [4.78, 5) is 0. The molecule has 0 aliphatic rings. The van der Waals surface area contributed by atoms with Crippen LogP contribution in [-0.4, -0.2) is 10.2 Å². The van der Waals surface area contributed by atoms with Crippen molar-refractivity contribution in [2.24, 2.45) is 0 Å². The number of benzene rings is 1. The van der Waals surface area contributed by atoms with E-state index < -0.39 is 0 Å². The van der Waals surface area contributed by atoms with E-state index in [1.807, 2.05) is 26.0 Å². The quantitative estimate of drug-likeness (QED) is 0.831. The summed E-state index contributed by atoms with van der Waals surface area (Å²) in [5.74, 6) is 1.36. The average molecular weight is 302 g/mol. The molecular formula is C11H10BrClN2O. The molecule has 0 bridgehead atoms. The molecule has 0 aliphatic heterocycles. The Bertz CT molecular complexity index is 510. The van der Waals surface area contributed by atoms with Crippen molar-refractivity contribution in [3.05, 3.63) is 33.6 Å². The third kappa shape index (κ3) is 2.28. The monoisotopic (exact) mass is 300 g/mol. The smallest absolute Gasteiger partial charge is 0.247 e. The lowest BCUT2D eigenvalue weighted by Crippen LogP contribution is -1.85. The van der Waals surface area contributed by atoms with Crippen molar-refractivity contribution < 1.29 is 4.42 Å². The molecule has 0 radical (unpaired) electrons. The first kappa shape index (κ1) is 11.6. The van der Waals surface area contributed by atoms with Gasteiger partial charge in [0.2, 0.25) is 11.8 Å². The first-order valence-electron chi connectivity index (χ1n) is 4.86. The largest absolute Gasteiger partial charge is 0.420 e. The molecule has 1 aromatic carbocycles. The summed E-state index contributed by atoms with van der Waals surface area (Å²) in [7, 11) is 0. The highest BCUT2D eigenvalue weighted by Crippen LogP contribution is 2.28. The lowest BCUT2D eigenvalue weighted by molar-refractivity contribution is 0.481. The van der Waals surface area contributed by atoms with Crippen molar-refractivity contribution in [1.29, 1.82) is 0 Å². The highest BCUT2D eigenvalue weighted by atomic mass is 79.9. The molecule has 0 saturated heterocycles. The zero-order chi connectivity index (χ0) is 11.7. The van der Waals surface area contributed by atoms with E-state index in [0.29, 0.717) is 16.8 Å². The SMILES string of the molecule is CC(C)c1nnc(-c2ccc(Br)c(Cl)c2)o1. The van der Waals surface area contributed by atoms with Crippen molar-refractivity contribution in [2.75, 3.05) is 0 Å². The molecule has 1 heterocycles. The van der Waals surface area contributed by atoms with Gasteiger partial charge in [-0.25, -0.2) is 0 Å². The lowest BCUT2D eigenvalue weighted by atomic mass is 10.2. The zero-order valence-electron chi connectivity index (χ0n) is 8.87. The molecule has 0 fully saturated rings. The van der Waals surface area contributed by atoms with Gasteiger partial charge in [-0.05, 0) is 34.1 Å². The summed E-state index contributed by atoms with van der Waals surface area (Å²) in [6.07, 6.45) is 0. The van der Waals surface area contributed by atoms with E-state index in [4.69, 9.17) is 16.0 Å². The van der Waals surface area contributed by atoms with E-state index >= 15 is 0 Å². The lowest BCUT2D eigenvalue weighted by Gasteiger charge is -1.98. The molecule has 0 atom stereocenters. The molecule has 16 heavy (non-hydrogen) atoms. The van der Waals surface area contributed by atoms with Crippen LogP contribution in [0.3, 0.4) is 0 Å². The molecule has 84 valence electrons. The fourth-order valence-electron chi connectivity index (χ4n) is 1.21. The van der Waals surface area contributed by atoms with Crippen molar-refractivity contribution in [2.45, 2.75) is 19.8 Å². The Kier molecular flexibility index (Phi) is 3.30. The fourth-order valence-corrected chi connectivity index (χ4v) is 1.64. The molecule has 2 aromatic rings. The van der Waals surface area contributed by atoms with E-state index in [1.165, 1.54) is 0 Å². The molecule has 0 unspecified atom stereocenters. The first-order chi connectivity index (χ1) is 7.58. The Morgan fingerprint density at radius 1 is 1.31 bits per heavy atom. The Hall–Kier alpha value is -0.870. The first-order valence-corrected chi connectivity index (χ1v) is 6.04. The van der Waals surface area contributed by atoms with Gasteiger partial charge in [0.1, 0.15) is 0 Å². The van der Waals surface area contributed by atoms with Crippen LogP contribution in [-0.2, 0) is 0 Å². The van der Waals surface area contributed by atoms with Gasteiger partial charge in [-0.15, -0.1) is 10.2 Å². The predicted octanol–water partition coefficient (Wildman–Crippen LogP) is 4.28. The molecule has 0 spiro atoms. The minimum Gasteiger partial charge on any atom is -0.420 e. The van der Waals surface area contributed by atoms with Crippen molar-refractivity contribution >= 4 is 27.5 Å². The maximum Gasteiger partial charge on any atom is 0.247 e. The van der Waals surface area contributed by atoms with E-state index in [-0.39, 0.29) is 5.92 Å². The van der Waals surface area contributed by atoms with E-state index in [2.05, 4.69) is 26.1 Å². The Morgan fingerprint density at radius 2 is 2.06 bits per heavy atom. The Labute approximate surface area is 107 Å². The van der Waals surface area contributed by atoms with E-state index in [0.717, 1.165) is 10.0 Å². The van der Waals surface area contributed by atoms with Gasteiger partial charge < -0.3 is 4.42 Å². The molecule has 0 N–H and O–H groups in total. The Morgan fingerprint density at radius 3 is 2.62 bits per heavy atom. The van der Waals surface area contributed by atoms with Gasteiger partial charge in [0.15, 0.2) is 0 Å². The molecule has 3 nitrogen and oxygen atoms in total. The standard InChI is InChI=1S/C11H10BrClN2O/c1-6(2)10-14-15-11(16-10)7-3-4-8(12)9(13)5-7/h3-6H,1-2H3. The van der Waals surface area contributed by atoms with Crippen LogP contribution < -0.4 is 0 Å². The van der Waals surface area contributed by atoms with E-state index in [1.54, 1.807) is 6.07 Å². The van der Waals surface area contributed by atoms with Crippen LogP contribution in [0, 0.1) is 0 Å². The summed E-state index contributed by atoms with van der Waals surface area (Å²) < 4.78 is 6.38. The second kappa shape index (κ2) is 4.55. The van der Waals surface area contributed by atoms with Crippen molar-refractivity contribution in [3.63, 3.8) is 0 Å². The minimum atomic E-state index is 0.229. The number of aromatic nitrogens is 2. The number of hydrogen-bond donors (Lipinski definition) is 0. The molecule has 0 aliphatic carbocycles. The van der Waals surface area contributed by atoms with Crippen molar-refractivity contribution in [1.82, 2.24) is 10.2 Å². The minimum absolute atomic E-state index is 0.229. The third-order valence-electron chi connectivity index (χ3n) is 2.10. The molecule has 1 aromatic heterocycles. The average Bonchev–Trinajstić information content (AvgIpc) is 2.71. The second-order valence-corrected chi connectivity index (χ2v) is 4.99. The number of hydrogen-bond acceptors (Lipinski definition) is 3. The summed E-state index contributed by atoms with van der Waals surface area (Å²) in [6.45, 7) is 4.01. The van der Waals surface area contributed by atoms with Gasteiger partial charge in [0.05, 0.1) is 5.02 Å². The molecule has 5 heteroatoms. The van der Waals surface area contributed by atoms with Gasteiger partial charge >= 0.3 is 0 Å². The van der Waals surface area contributed by atoms with Crippen LogP contribution in [0.25, 0.3) is 11.5 Å². The van der Waals surface area contributed by atoms with Crippen molar-refractivity contribution in [3.8, 4) is 11.5 Å². The predicted molar refractivity (Wildman–Crippen MR) is 66.5 cm³/mol. The van der Waals surface area contributed by atoms with Crippen LogP contribution in [0.4, 0.5) is 0 Å². The normalized spacial score (nSPS) is 11.1. The fraction of sp³-hybridized carbons (Fsp3) is 0.273. The molecule has 0 amide bonds. The van der Waals surface area contributed by atoms with Gasteiger partial charge in [-0.1, -0.05) is 25.4 Å². The molecular weight excluding hydrogens is 291 g/mol. The van der Waals surface area contributed by atoms with Crippen LogP contribution >= 0.6 is 27.5 Å². The summed E-state index contributed by atoms with van der Waals surface area (Å²) >= 11 is 9.33. The highest BCUT2D eigenvalue weighted by Gasteiger charge is 2.12. The summed E-state index contributed by atoms with van der Waals surface area (Å²) in [6, 6.07) is 5.54. The van der Waals surface area contributed by atoms with Crippen LogP contribution in [0.15, 0.2) is 27.1 Å². The van der Waals surface area contributed by atoms with Gasteiger partial charge in [0, 0.05) is 16.0 Å². The third-order valence-corrected chi connectivity index (χ3v) is 3.33. The topological polar surface area (TPSA) is 38.9 Å².